The highest BCUT2D eigenvalue weighted by molar-refractivity contribution is 5.68. The minimum Gasteiger partial charge on any atom is -0.458 e. The zero-order chi connectivity index (χ0) is 62.0. The van der Waals surface area contributed by atoms with Crippen molar-refractivity contribution in [1.82, 2.24) is 0 Å². The molecule has 8 fully saturated rings. The number of ether oxygens (including phenoxy) is 16. The van der Waals surface area contributed by atoms with Crippen LogP contribution in [-0.2, 0) is 85.4 Å². The minimum atomic E-state index is -1.81. The highest BCUT2D eigenvalue weighted by Gasteiger charge is 2.80. The molecule has 0 aromatic rings. The van der Waals surface area contributed by atoms with E-state index in [0.29, 0.717) is 32.1 Å². The summed E-state index contributed by atoms with van der Waals surface area (Å²) in [6.07, 6.45) is -19.5. The summed E-state index contributed by atoms with van der Waals surface area (Å²) in [4.78, 5) is 25.8. The van der Waals surface area contributed by atoms with Crippen LogP contribution in [0.2, 0.25) is 0 Å². The Balaban J connectivity index is 0.790. The molecule has 488 valence electrons. The van der Waals surface area contributed by atoms with Crippen LogP contribution in [0.3, 0.4) is 0 Å². The van der Waals surface area contributed by atoms with E-state index in [1.54, 1.807) is 41.9 Å². The van der Waals surface area contributed by atoms with E-state index in [-0.39, 0.29) is 31.8 Å². The van der Waals surface area contributed by atoms with Gasteiger partial charge in [0.25, 0.3) is 0 Å². The van der Waals surface area contributed by atoms with Gasteiger partial charge in [0, 0.05) is 72.9 Å². The summed E-state index contributed by atoms with van der Waals surface area (Å²) < 4.78 is 99.4. The molecule has 9 aliphatic rings. The van der Waals surface area contributed by atoms with E-state index in [1.807, 2.05) is 26.8 Å². The molecule has 5 heterocycles. The standard InChI is InChI=1S/C59H96O26/c1-25(61)34-16-19-59(69)57(34,9)53(79-31(7)63)51(78-30(6)62)52-56(8)17-15-33(20-32(56)14-18-58(52,59)68)80-39-21-35(70-10)46(26(2)74-39)82-40-22-36(71-11)47(27(3)75-40)83-41-23-37(72-12)48(28(4)76-41)84-55-45(67)50(73-13)49(29(5)77-55)85-54-44(66)43(65)42(64)38(24-60)81-54/h14,25-29,33-55,60-61,64-69H,15-24H2,1-13H3. The Morgan fingerprint density at radius 1 is 0.612 bits per heavy atom. The fourth-order valence-electron chi connectivity index (χ4n) is 16.5. The predicted octanol–water partition coefficient (Wildman–Crippen LogP) is 0.556. The van der Waals surface area contributed by atoms with Gasteiger partial charge in [-0.15, -0.1) is 0 Å². The van der Waals surface area contributed by atoms with Crippen molar-refractivity contribution in [2.75, 3.05) is 35.0 Å². The third-order valence-corrected chi connectivity index (χ3v) is 20.8. The average Bonchev–Trinajstić information content (AvgIpc) is 1.71. The third kappa shape index (κ3) is 12.3. The molecule has 85 heavy (non-hydrogen) atoms. The number of methoxy groups -OCH3 is 4. The van der Waals surface area contributed by atoms with Crippen molar-refractivity contribution in [1.29, 1.82) is 0 Å². The van der Waals surface area contributed by atoms with E-state index in [2.05, 4.69) is 0 Å². The Morgan fingerprint density at radius 3 is 1.62 bits per heavy atom. The first-order valence-electron chi connectivity index (χ1n) is 30.3. The molecule has 5 saturated heterocycles. The highest BCUT2D eigenvalue weighted by Crippen LogP contribution is 2.71. The van der Waals surface area contributed by atoms with Gasteiger partial charge in [0.2, 0.25) is 0 Å². The fourth-order valence-corrected chi connectivity index (χ4v) is 16.5. The van der Waals surface area contributed by atoms with Gasteiger partial charge < -0.3 is 117 Å². The van der Waals surface area contributed by atoms with Crippen molar-refractivity contribution >= 4 is 11.9 Å². The summed E-state index contributed by atoms with van der Waals surface area (Å²) in [6, 6.07) is 0. The van der Waals surface area contributed by atoms with E-state index >= 15 is 0 Å². The van der Waals surface area contributed by atoms with Crippen LogP contribution in [0, 0.1) is 22.7 Å². The number of rotatable bonds is 18. The smallest absolute Gasteiger partial charge is 0.303 e. The largest absolute Gasteiger partial charge is 0.458 e. The lowest BCUT2D eigenvalue weighted by molar-refractivity contribution is -0.374. The van der Waals surface area contributed by atoms with E-state index in [4.69, 9.17) is 75.8 Å². The minimum absolute atomic E-state index is 0.0409. The van der Waals surface area contributed by atoms with Crippen LogP contribution in [0.1, 0.15) is 120 Å². The van der Waals surface area contributed by atoms with Crippen molar-refractivity contribution in [3.63, 3.8) is 0 Å². The van der Waals surface area contributed by atoms with Crippen LogP contribution in [0.5, 0.6) is 0 Å². The summed E-state index contributed by atoms with van der Waals surface area (Å²) in [5, 5.41) is 89.6. The number of hydrogen-bond donors (Lipinski definition) is 8. The first-order chi connectivity index (χ1) is 40.1. The number of esters is 2. The van der Waals surface area contributed by atoms with Gasteiger partial charge in [-0.05, 0) is 84.5 Å². The molecule has 0 aromatic heterocycles. The third-order valence-electron chi connectivity index (χ3n) is 20.8. The molecular formula is C59H96O26. The van der Waals surface area contributed by atoms with Gasteiger partial charge in [-0.1, -0.05) is 25.5 Å². The Kier molecular flexibility index (Phi) is 21.0. The number of hydrogen-bond acceptors (Lipinski definition) is 26. The van der Waals surface area contributed by atoms with Gasteiger partial charge in [-0.25, -0.2) is 0 Å². The quantitative estimate of drug-likeness (QED) is 0.0686. The first-order valence-corrected chi connectivity index (χ1v) is 30.3. The zero-order valence-corrected chi connectivity index (χ0v) is 51.2. The van der Waals surface area contributed by atoms with Crippen LogP contribution < -0.4 is 0 Å². The molecule has 9 rings (SSSR count). The van der Waals surface area contributed by atoms with Crippen LogP contribution in [0.4, 0.5) is 0 Å². The molecule has 32 atom stereocenters. The second-order valence-electron chi connectivity index (χ2n) is 25.7. The first kappa shape index (κ1) is 67.2. The summed E-state index contributed by atoms with van der Waals surface area (Å²) in [5.41, 5.74) is -4.84. The molecule has 0 aromatic carbocycles. The summed E-state index contributed by atoms with van der Waals surface area (Å²) >= 11 is 0. The van der Waals surface area contributed by atoms with Gasteiger partial charge >= 0.3 is 11.9 Å². The molecular weight excluding hydrogens is 1120 g/mol. The van der Waals surface area contributed by atoms with Gasteiger partial charge in [-0.3, -0.25) is 9.59 Å². The summed E-state index contributed by atoms with van der Waals surface area (Å²) in [7, 11) is 6.08. The summed E-state index contributed by atoms with van der Waals surface area (Å²) in [6.45, 7) is 14.4. The SMILES string of the molecule is COC1CC(OC2CCC3(C)C(=CCC4(O)C3C(OC(C)=O)C(OC(C)=O)C3(C)C(C(C)O)CCC43O)C2)OC(C)C1OC1CC(OC)C(OC2CC(OC)C(OC3OC(C)C(OC4OC(CO)C(O)C(O)C4O)C(OC)C3O)C(C)O2)C(C)O1. The lowest BCUT2D eigenvalue weighted by Gasteiger charge is -2.68. The van der Waals surface area contributed by atoms with Crippen molar-refractivity contribution in [3.05, 3.63) is 11.6 Å². The van der Waals surface area contributed by atoms with Gasteiger partial charge in [-0.2, -0.15) is 0 Å². The monoisotopic (exact) mass is 1220 g/mol. The zero-order valence-electron chi connectivity index (χ0n) is 51.2. The van der Waals surface area contributed by atoms with Crippen molar-refractivity contribution in [3.8, 4) is 0 Å². The highest BCUT2D eigenvalue weighted by atomic mass is 16.8. The lowest BCUT2D eigenvalue weighted by Crippen LogP contribution is -2.80. The molecule has 3 saturated carbocycles. The second kappa shape index (κ2) is 26.6. The molecule has 0 bridgehead atoms. The predicted molar refractivity (Wildman–Crippen MR) is 290 cm³/mol. The molecule has 0 radical (unpaired) electrons. The molecule has 26 heteroatoms. The molecule has 26 nitrogen and oxygen atoms in total. The average molecular weight is 1220 g/mol. The molecule has 8 N–H and O–H groups in total. The van der Waals surface area contributed by atoms with Crippen molar-refractivity contribution < 1.29 is 126 Å². The Morgan fingerprint density at radius 2 is 1.12 bits per heavy atom. The molecule has 0 spiro atoms. The maximum Gasteiger partial charge on any atom is 0.303 e. The van der Waals surface area contributed by atoms with E-state index in [0.717, 1.165) is 5.57 Å². The normalized spacial score (nSPS) is 51.4. The molecule has 0 amide bonds. The summed E-state index contributed by atoms with van der Waals surface area (Å²) in [5.74, 6) is -2.70. The van der Waals surface area contributed by atoms with Crippen LogP contribution >= 0.6 is 0 Å². The number of aliphatic hydroxyl groups excluding tert-OH is 6. The number of carbonyl (C=O) groups excluding carboxylic acids is 2. The lowest BCUT2D eigenvalue weighted by atomic mass is 9.42. The molecule has 32 unspecified atom stereocenters. The van der Waals surface area contributed by atoms with E-state index in [1.165, 1.54) is 28.1 Å². The number of fused-ring (bicyclic) bond motifs is 5. The van der Waals surface area contributed by atoms with Crippen molar-refractivity contribution in [2.24, 2.45) is 22.7 Å². The Hall–Kier alpha value is -2.20. The van der Waals surface area contributed by atoms with Crippen LogP contribution in [0.25, 0.3) is 0 Å². The maximum absolute atomic E-state index is 13.1. The van der Waals surface area contributed by atoms with Crippen LogP contribution in [-0.4, -0.2) is 259 Å². The van der Waals surface area contributed by atoms with Gasteiger partial charge in [0.1, 0.15) is 84.4 Å². The van der Waals surface area contributed by atoms with Crippen LogP contribution in [0.15, 0.2) is 11.6 Å². The number of carbonyl (C=O) groups is 2. The molecule has 5 aliphatic heterocycles. The number of aliphatic hydroxyl groups is 8. The second-order valence-corrected chi connectivity index (χ2v) is 25.7. The van der Waals surface area contributed by atoms with Crippen molar-refractivity contribution in [2.45, 2.75) is 291 Å². The van der Waals surface area contributed by atoms with Gasteiger partial charge in [0.05, 0.1) is 61.5 Å². The topological polar surface area (TPSA) is 344 Å². The fraction of sp³-hybridized carbons (Fsp3) is 0.932. The molecule has 4 aliphatic carbocycles. The van der Waals surface area contributed by atoms with E-state index in [9.17, 15) is 50.4 Å². The Labute approximate surface area is 497 Å². The van der Waals surface area contributed by atoms with E-state index < -0.39 is 206 Å². The van der Waals surface area contributed by atoms with Gasteiger partial charge in [0.15, 0.2) is 31.5 Å². The Bertz CT molecular complexity index is 2300. The maximum atomic E-state index is 13.1.